The lowest BCUT2D eigenvalue weighted by molar-refractivity contribution is -0.384. The molecule has 15 heteroatoms. The summed E-state index contributed by atoms with van der Waals surface area (Å²) in [6.07, 6.45) is 3.89. The first-order valence-electron chi connectivity index (χ1n) is 14.9. The van der Waals surface area contributed by atoms with Crippen molar-refractivity contribution < 1.29 is 37.7 Å². The molecule has 0 saturated carbocycles. The normalized spacial score (nSPS) is 11.1. The number of nitro groups is 1. The summed E-state index contributed by atoms with van der Waals surface area (Å²) in [4.78, 5) is 47.6. The van der Waals surface area contributed by atoms with Crippen LogP contribution >= 0.6 is 0 Å². The molecule has 0 aliphatic rings. The molecule has 0 saturated heterocycles. The van der Waals surface area contributed by atoms with Crippen molar-refractivity contribution in [2.75, 3.05) is 17.2 Å². The van der Waals surface area contributed by atoms with Crippen LogP contribution in [0.15, 0.2) is 102 Å². The van der Waals surface area contributed by atoms with Gasteiger partial charge in [-0.25, -0.2) is 18.6 Å². The van der Waals surface area contributed by atoms with E-state index in [-0.39, 0.29) is 35.7 Å². The molecule has 49 heavy (non-hydrogen) atoms. The number of nitrogens with zero attached hydrogens (tertiary/aromatic N) is 1. The number of unbranched alkanes of at least 4 members (excludes halogenated alkanes) is 1. The molecule has 0 aromatic heterocycles. The standard InChI is InChI=1S/C34H33N5O9S/c1-23-9-5-6-10-24(23)14-19-32(40)36-25-15-17-28(31(21-25)48-26-11-3-2-4-12-26)34(42)38-49(46,47)27-16-18-29(30(22-27)39(44)45)35-20-8-7-13-33(41)37-43/h2-6,9-12,14-19,21-22,35,43H,7-8,13,20H2,1H3,(H,36,40)(H,37,41)(H,38,42). The van der Waals surface area contributed by atoms with Crippen LogP contribution in [0.4, 0.5) is 17.1 Å². The molecule has 0 heterocycles. The highest BCUT2D eigenvalue weighted by Gasteiger charge is 2.25. The van der Waals surface area contributed by atoms with E-state index in [9.17, 15) is 32.9 Å². The molecule has 0 aliphatic heterocycles. The fourth-order valence-electron chi connectivity index (χ4n) is 4.52. The molecule has 4 aromatic rings. The van der Waals surface area contributed by atoms with Crippen molar-refractivity contribution in [2.24, 2.45) is 0 Å². The number of carbonyl (C=O) groups is 3. The summed E-state index contributed by atoms with van der Waals surface area (Å²) >= 11 is 0. The van der Waals surface area contributed by atoms with Gasteiger partial charge in [0.2, 0.25) is 11.8 Å². The third-order valence-electron chi connectivity index (χ3n) is 7.04. The lowest BCUT2D eigenvalue weighted by Crippen LogP contribution is -2.31. The van der Waals surface area contributed by atoms with Gasteiger partial charge in [-0.05, 0) is 73.4 Å². The molecular formula is C34H33N5O9S. The van der Waals surface area contributed by atoms with Crippen LogP contribution in [0.5, 0.6) is 11.5 Å². The topological polar surface area (TPSA) is 206 Å². The first kappa shape index (κ1) is 35.8. The zero-order chi connectivity index (χ0) is 35.4. The SMILES string of the molecule is Cc1ccccc1C=CC(=O)Nc1ccc(C(=O)NS(=O)(=O)c2ccc(NCCCCC(=O)NO)c([N+](=O)[O-])c2)c(Oc2ccccc2)c1. The second kappa shape index (κ2) is 16.7. The van der Waals surface area contributed by atoms with Crippen LogP contribution < -0.4 is 25.6 Å². The van der Waals surface area contributed by atoms with E-state index in [2.05, 4.69) is 10.6 Å². The monoisotopic (exact) mass is 687 g/mol. The van der Waals surface area contributed by atoms with Crippen molar-refractivity contribution in [3.8, 4) is 11.5 Å². The van der Waals surface area contributed by atoms with Crippen LogP contribution in [0.2, 0.25) is 0 Å². The summed E-state index contributed by atoms with van der Waals surface area (Å²) in [7, 11) is -4.61. The van der Waals surface area contributed by atoms with Crippen LogP contribution in [0.3, 0.4) is 0 Å². The number of hydrogen-bond donors (Lipinski definition) is 5. The molecular weight excluding hydrogens is 654 g/mol. The number of hydroxylamine groups is 1. The van der Waals surface area contributed by atoms with Crippen molar-refractivity contribution in [3.63, 3.8) is 0 Å². The van der Waals surface area contributed by atoms with E-state index in [1.165, 1.54) is 35.8 Å². The molecule has 0 spiro atoms. The molecule has 5 N–H and O–H groups in total. The molecule has 0 bridgehead atoms. The average Bonchev–Trinajstić information content (AvgIpc) is 3.08. The molecule has 14 nitrogen and oxygen atoms in total. The largest absolute Gasteiger partial charge is 0.456 e. The second-order valence-corrected chi connectivity index (χ2v) is 12.3. The maximum absolute atomic E-state index is 13.4. The number of nitrogens with one attached hydrogen (secondary N) is 4. The van der Waals surface area contributed by atoms with Crippen LogP contribution in [0.1, 0.15) is 40.7 Å². The van der Waals surface area contributed by atoms with Gasteiger partial charge >= 0.3 is 0 Å². The summed E-state index contributed by atoms with van der Waals surface area (Å²) in [6, 6.07) is 23.1. The number of carbonyl (C=O) groups excluding carboxylic acids is 3. The number of amides is 3. The predicted octanol–water partition coefficient (Wildman–Crippen LogP) is 5.55. The van der Waals surface area contributed by atoms with Gasteiger partial charge in [0.05, 0.1) is 15.4 Å². The van der Waals surface area contributed by atoms with E-state index >= 15 is 0 Å². The number of hydrogen-bond acceptors (Lipinski definition) is 10. The first-order valence-corrected chi connectivity index (χ1v) is 16.4. The van der Waals surface area contributed by atoms with Crippen molar-refractivity contribution in [2.45, 2.75) is 31.1 Å². The van der Waals surface area contributed by atoms with Crippen molar-refractivity contribution in [1.29, 1.82) is 0 Å². The van der Waals surface area contributed by atoms with Crippen LogP contribution in [-0.4, -0.2) is 42.8 Å². The predicted molar refractivity (Wildman–Crippen MR) is 182 cm³/mol. The van der Waals surface area contributed by atoms with Gasteiger partial charge in [-0.2, -0.15) is 0 Å². The van der Waals surface area contributed by atoms with E-state index in [1.54, 1.807) is 36.4 Å². The lowest BCUT2D eigenvalue weighted by Gasteiger charge is -2.14. The highest BCUT2D eigenvalue weighted by Crippen LogP contribution is 2.31. The molecule has 3 amide bonds. The molecule has 254 valence electrons. The number of rotatable bonds is 15. The van der Waals surface area contributed by atoms with E-state index in [4.69, 9.17) is 9.94 Å². The van der Waals surface area contributed by atoms with Gasteiger partial charge in [0.1, 0.15) is 17.2 Å². The molecule has 0 fully saturated rings. The van der Waals surface area contributed by atoms with E-state index in [1.807, 2.05) is 35.9 Å². The van der Waals surface area contributed by atoms with Gasteiger partial charge in [-0.3, -0.25) is 29.7 Å². The van der Waals surface area contributed by atoms with Gasteiger partial charge in [0.15, 0.2) is 0 Å². The van der Waals surface area contributed by atoms with E-state index in [0.717, 1.165) is 23.3 Å². The number of anilines is 2. The number of benzene rings is 4. The van der Waals surface area contributed by atoms with Crippen molar-refractivity contribution in [3.05, 3.63) is 124 Å². The van der Waals surface area contributed by atoms with Crippen LogP contribution in [0, 0.1) is 17.0 Å². The Morgan fingerprint density at radius 3 is 2.39 bits per heavy atom. The first-order chi connectivity index (χ1) is 23.5. The van der Waals surface area contributed by atoms with Gasteiger partial charge in [-0.1, -0.05) is 42.5 Å². The number of nitro benzene ring substituents is 1. The maximum Gasteiger partial charge on any atom is 0.293 e. The quantitative estimate of drug-likeness (QED) is 0.0346. The number of sulfonamides is 1. The molecule has 4 aromatic carbocycles. The van der Waals surface area contributed by atoms with Crippen LogP contribution in [0.25, 0.3) is 6.08 Å². The Hall–Kier alpha value is -6.06. The second-order valence-electron chi connectivity index (χ2n) is 10.6. The molecule has 0 aliphatic carbocycles. The minimum Gasteiger partial charge on any atom is -0.456 e. The smallest absolute Gasteiger partial charge is 0.293 e. The van der Waals surface area contributed by atoms with E-state index in [0.29, 0.717) is 18.6 Å². The lowest BCUT2D eigenvalue weighted by atomic mass is 10.1. The number of para-hydroxylation sites is 1. The molecule has 4 rings (SSSR count). The van der Waals surface area contributed by atoms with Crippen molar-refractivity contribution in [1.82, 2.24) is 10.2 Å². The summed E-state index contributed by atoms with van der Waals surface area (Å²) in [5, 5.41) is 25.9. The Labute approximate surface area is 282 Å². The molecule has 0 unspecified atom stereocenters. The highest BCUT2D eigenvalue weighted by molar-refractivity contribution is 7.90. The Balaban J connectivity index is 1.53. The van der Waals surface area contributed by atoms with Crippen molar-refractivity contribution >= 4 is 50.9 Å². The van der Waals surface area contributed by atoms with E-state index < -0.39 is 43.3 Å². The Kier molecular flexibility index (Phi) is 12.2. The molecule has 0 atom stereocenters. The third-order valence-corrected chi connectivity index (χ3v) is 8.37. The number of ether oxygens (including phenoxy) is 1. The summed E-state index contributed by atoms with van der Waals surface area (Å²) < 4.78 is 34.3. The van der Waals surface area contributed by atoms with Gasteiger partial charge in [0.25, 0.3) is 21.6 Å². The van der Waals surface area contributed by atoms with Crippen LogP contribution in [-0.2, 0) is 19.6 Å². The Morgan fingerprint density at radius 2 is 1.67 bits per heavy atom. The third kappa shape index (κ3) is 10.2. The zero-order valence-corrected chi connectivity index (χ0v) is 27.0. The fraction of sp³-hybridized carbons (Fsp3) is 0.147. The molecule has 0 radical (unpaired) electrons. The van der Waals surface area contributed by atoms with Gasteiger partial charge in [0, 0.05) is 36.9 Å². The zero-order valence-electron chi connectivity index (χ0n) is 26.2. The fourth-order valence-corrected chi connectivity index (χ4v) is 5.50. The minimum absolute atomic E-state index is 0.0341. The Morgan fingerprint density at radius 1 is 0.939 bits per heavy atom. The highest BCUT2D eigenvalue weighted by atomic mass is 32.2. The van der Waals surface area contributed by atoms with Gasteiger partial charge < -0.3 is 15.4 Å². The summed E-state index contributed by atoms with van der Waals surface area (Å²) in [5.41, 5.74) is 2.92. The van der Waals surface area contributed by atoms with Gasteiger partial charge in [-0.15, -0.1) is 0 Å². The average molecular weight is 688 g/mol. The summed E-state index contributed by atoms with van der Waals surface area (Å²) in [6.45, 7) is 2.14. The summed E-state index contributed by atoms with van der Waals surface area (Å²) in [5.74, 6) is -1.84. The maximum atomic E-state index is 13.4. The number of aryl methyl sites for hydroxylation is 1. The minimum atomic E-state index is -4.61. The Bertz CT molecular complexity index is 1980.